The van der Waals surface area contributed by atoms with E-state index in [1.54, 1.807) is 19.1 Å². The van der Waals surface area contributed by atoms with Crippen molar-refractivity contribution in [1.29, 1.82) is 0 Å². The fourth-order valence-electron chi connectivity index (χ4n) is 1.62. The lowest BCUT2D eigenvalue weighted by molar-refractivity contribution is -0.137. The maximum Gasteiger partial charge on any atom is 0.416 e. The standard InChI is InChI=1S/C13H9F3OS/c1-8-2-3-9(13(14,15)16)6-11(8)12-5-4-10(7-17)18-12/h2-7H,1H3. The predicted octanol–water partition coefficient (Wildman–Crippen LogP) is 4.55. The van der Waals surface area contributed by atoms with Crippen LogP contribution in [0.2, 0.25) is 0 Å². The van der Waals surface area contributed by atoms with Crippen molar-refractivity contribution in [3.05, 3.63) is 46.3 Å². The summed E-state index contributed by atoms with van der Waals surface area (Å²) in [5, 5.41) is 0. The molecule has 5 heteroatoms. The van der Waals surface area contributed by atoms with Gasteiger partial charge in [-0.25, -0.2) is 0 Å². The third-order valence-electron chi connectivity index (χ3n) is 2.57. The Kier molecular flexibility index (Phi) is 3.26. The van der Waals surface area contributed by atoms with Crippen LogP contribution in [0.1, 0.15) is 20.8 Å². The molecule has 0 saturated carbocycles. The Bertz CT molecular complexity index is 584. The van der Waals surface area contributed by atoms with Crippen LogP contribution in [-0.2, 0) is 6.18 Å². The number of hydrogen-bond acceptors (Lipinski definition) is 2. The van der Waals surface area contributed by atoms with Crippen molar-refractivity contribution in [2.75, 3.05) is 0 Å². The van der Waals surface area contributed by atoms with Crippen LogP contribution in [-0.4, -0.2) is 6.29 Å². The first-order valence-corrected chi connectivity index (χ1v) is 5.96. The lowest BCUT2D eigenvalue weighted by Gasteiger charge is -2.10. The monoisotopic (exact) mass is 270 g/mol. The van der Waals surface area contributed by atoms with Gasteiger partial charge in [0.05, 0.1) is 10.4 Å². The number of aldehydes is 1. The number of hydrogen-bond donors (Lipinski definition) is 0. The van der Waals surface area contributed by atoms with E-state index in [2.05, 4.69) is 0 Å². The number of rotatable bonds is 2. The highest BCUT2D eigenvalue weighted by Gasteiger charge is 2.30. The van der Waals surface area contributed by atoms with Crippen LogP contribution >= 0.6 is 11.3 Å². The molecule has 0 saturated heterocycles. The minimum Gasteiger partial charge on any atom is -0.297 e. The van der Waals surface area contributed by atoms with Crippen LogP contribution in [0.4, 0.5) is 13.2 Å². The molecule has 0 atom stereocenters. The van der Waals surface area contributed by atoms with Gasteiger partial charge in [-0.05, 0) is 42.3 Å². The second-order valence-corrected chi connectivity index (χ2v) is 4.96. The molecule has 0 aliphatic rings. The number of thiophene rings is 1. The van der Waals surface area contributed by atoms with E-state index in [-0.39, 0.29) is 0 Å². The Morgan fingerprint density at radius 3 is 2.44 bits per heavy atom. The maximum absolute atomic E-state index is 12.6. The summed E-state index contributed by atoms with van der Waals surface area (Å²) in [7, 11) is 0. The van der Waals surface area contributed by atoms with Crippen LogP contribution in [0.15, 0.2) is 30.3 Å². The Hall–Kier alpha value is -1.62. The highest BCUT2D eigenvalue weighted by Crippen LogP contribution is 2.36. The molecule has 0 fully saturated rings. The zero-order valence-corrected chi connectivity index (χ0v) is 10.2. The maximum atomic E-state index is 12.6. The molecule has 0 N–H and O–H groups in total. The summed E-state index contributed by atoms with van der Waals surface area (Å²) in [6.07, 6.45) is -3.66. The fourth-order valence-corrected chi connectivity index (χ4v) is 2.53. The molecular formula is C13H9F3OS. The van der Waals surface area contributed by atoms with Crippen LogP contribution < -0.4 is 0 Å². The van der Waals surface area contributed by atoms with Gasteiger partial charge in [-0.15, -0.1) is 11.3 Å². The van der Waals surface area contributed by atoms with Crippen molar-refractivity contribution >= 4 is 17.6 Å². The SMILES string of the molecule is Cc1ccc(C(F)(F)F)cc1-c1ccc(C=O)s1. The molecule has 1 nitrogen and oxygen atoms in total. The average Bonchev–Trinajstić information content (AvgIpc) is 2.76. The van der Waals surface area contributed by atoms with E-state index in [1.165, 1.54) is 17.4 Å². The van der Waals surface area contributed by atoms with E-state index in [1.807, 2.05) is 0 Å². The van der Waals surface area contributed by atoms with E-state index in [0.29, 0.717) is 21.6 Å². The molecule has 0 amide bonds. The van der Waals surface area contributed by atoms with Gasteiger partial charge in [0.1, 0.15) is 0 Å². The molecule has 1 aromatic heterocycles. The molecule has 0 radical (unpaired) electrons. The first kappa shape index (κ1) is 12.8. The molecule has 0 aliphatic heterocycles. The van der Waals surface area contributed by atoms with E-state index in [9.17, 15) is 18.0 Å². The quantitative estimate of drug-likeness (QED) is 0.731. The van der Waals surface area contributed by atoms with E-state index >= 15 is 0 Å². The fraction of sp³-hybridized carbons (Fsp3) is 0.154. The second-order valence-electron chi connectivity index (χ2n) is 3.85. The number of alkyl halides is 3. The first-order chi connectivity index (χ1) is 8.41. The van der Waals surface area contributed by atoms with E-state index < -0.39 is 11.7 Å². The summed E-state index contributed by atoms with van der Waals surface area (Å²) in [5.41, 5.74) is 0.592. The summed E-state index contributed by atoms with van der Waals surface area (Å²) >= 11 is 1.18. The van der Waals surface area contributed by atoms with Gasteiger partial charge in [0.25, 0.3) is 0 Å². The molecule has 0 unspecified atom stereocenters. The molecule has 1 heterocycles. The van der Waals surface area contributed by atoms with Crippen molar-refractivity contribution in [2.24, 2.45) is 0 Å². The van der Waals surface area contributed by atoms with Gasteiger partial charge >= 0.3 is 6.18 Å². The predicted molar refractivity (Wildman–Crippen MR) is 64.9 cm³/mol. The van der Waals surface area contributed by atoms with Gasteiger partial charge in [-0.2, -0.15) is 13.2 Å². The van der Waals surface area contributed by atoms with Crippen LogP contribution in [0.3, 0.4) is 0 Å². The average molecular weight is 270 g/mol. The van der Waals surface area contributed by atoms with Crippen molar-refractivity contribution in [3.63, 3.8) is 0 Å². The summed E-state index contributed by atoms with van der Waals surface area (Å²) in [6.45, 7) is 1.75. The summed E-state index contributed by atoms with van der Waals surface area (Å²) < 4.78 is 37.9. The van der Waals surface area contributed by atoms with Gasteiger partial charge in [0.2, 0.25) is 0 Å². The zero-order chi connectivity index (χ0) is 13.3. The Balaban J connectivity index is 2.52. The van der Waals surface area contributed by atoms with Gasteiger partial charge < -0.3 is 0 Å². The van der Waals surface area contributed by atoms with Crippen LogP contribution in [0.5, 0.6) is 0 Å². The lowest BCUT2D eigenvalue weighted by atomic mass is 10.0. The third kappa shape index (κ3) is 2.46. The minimum absolute atomic E-state index is 0.502. The normalized spacial score (nSPS) is 11.6. The molecular weight excluding hydrogens is 261 g/mol. The van der Waals surface area contributed by atoms with Crippen molar-refractivity contribution < 1.29 is 18.0 Å². The molecule has 94 valence electrons. The smallest absolute Gasteiger partial charge is 0.297 e. The highest BCUT2D eigenvalue weighted by molar-refractivity contribution is 7.17. The topological polar surface area (TPSA) is 17.1 Å². The Labute approximate surface area is 106 Å². The van der Waals surface area contributed by atoms with Gasteiger partial charge in [-0.1, -0.05) is 6.07 Å². The molecule has 0 spiro atoms. The molecule has 2 aromatic rings. The summed E-state index contributed by atoms with van der Waals surface area (Å²) in [4.78, 5) is 11.8. The number of benzene rings is 1. The molecule has 0 bridgehead atoms. The number of aryl methyl sites for hydroxylation is 1. The minimum atomic E-state index is -4.35. The van der Waals surface area contributed by atoms with Crippen molar-refractivity contribution in [2.45, 2.75) is 13.1 Å². The van der Waals surface area contributed by atoms with Crippen LogP contribution in [0, 0.1) is 6.92 Å². The largest absolute Gasteiger partial charge is 0.416 e. The zero-order valence-electron chi connectivity index (χ0n) is 9.41. The molecule has 0 aliphatic carbocycles. The first-order valence-electron chi connectivity index (χ1n) is 5.15. The second kappa shape index (κ2) is 4.57. The third-order valence-corrected chi connectivity index (χ3v) is 3.62. The Morgan fingerprint density at radius 1 is 1.17 bits per heavy atom. The molecule has 18 heavy (non-hydrogen) atoms. The summed E-state index contributed by atoms with van der Waals surface area (Å²) in [6, 6.07) is 6.89. The Morgan fingerprint density at radius 2 is 1.89 bits per heavy atom. The summed E-state index contributed by atoms with van der Waals surface area (Å²) in [5.74, 6) is 0. The van der Waals surface area contributed by atoms with Gasteiger partial charge in [-0.3, -0.25) is 4.79 Å². The van der Waals surface area contributed by atoms with Crippen LogP contribution in [0.25, 0.3) is 10.4 Å². The lowest BCUT2D eigenvalue weighted by Crippen LogP contribution is -2.05. The number of halogens is 3. The van der Waals surface area contributed by atoms with Crippen molar-refractivity contribution in [3.8, 4) is 10.4 Å². The molecule has 1 aromatic carbocycles. The van der Waals surface area contributed by atoms with Gasteiger partial charge in [0.15, 0.2) is 6.29 Å². The highest BCUT2D eigenvalue weighted by atomic mass is 32.1. The number of carbonyl (C=O) groups excluding carboxylic acids is 1. The van der Waals surface area contributed by atoms with Crippen molar-refractivity contribution in [1.82, 2.24) is 0 Å². The molecule has 2 rings (SSSR count). The van der Waals surface area contributed by atoms with E-state index in [4.69, 9.17) is 0 Å². The number of carbonyl (C=O) groups is 1. The van der Waals surface area contributed by atoms with Gasteiger partial charge in [0, 0.05) is 4.88 Å². The van der Waals surface area contributed by atoms with E-state index in [0.717, 1.165) is 17.7 Å².